The summed E-state index contributed by atoms with van der Waals surface area (Å²) in [6.07, 6.45) is 0.942. The van der Waals surface area contributed by atoms with Crippen LogP contribution in [-0.4, -0.2) is 10.9 Å². The lowest BCUT2D eigenvalue weighted by molar-refractivity contribution is 1.12. The molecule has 0 saturated heterocycles. The average Bonchev–Trinajstić information content (AvgIpc) is 2.44. The highest BCUT2D eigenvalue weighted by Gasteiger charge is 2.05. The standard InChI is InChI=1S/C11H12ClN/c1-8-9(6-7-12)10-4-2-3-5-11(10)13-8/h2-5,13H,6-7H2,1H3. The summed E-state index contributed by atoms with van der Waals surface area (Å²) in [5.41, 5.74) is 3.80. The average molecular weight is 194 g/mol. The zero-order valence-corrected chi connectivity index (χ0v) is 8.36. The zero-order valence-electron chi connectivity index (χ0n) is 7.60. The fourth-order valence-electron chi connectivity index (χ4n) is 1.75. The first kappa shape index (κ1) is 8.64. The molecule has 0 spiro atoms. The minimum absolute atomic E-state index is 0.683. The molecular formula is C11H12ClN. The topological polar surface area (TPSA) is 15.8 Å². The van der Waals surface area contributed by atoms with E-state index in [1.807, 2.05) is 6.07 Å². The number of hydrogen-bond donors (Lipinski definition) is 1. The Morgan fingerprint density at radius 2 is 2.08 bits per heavy atom. The summed E-state index contributed by atoms with van der Waals surface area (Å²) in [4.78, 5) is 3.35. The van der Waals surface area contributed by atoms with Crippen molar-refractivity contribution in [1.82, 2.24) is 4.98 Å². The first-order valence-electron chi connectivity index (χ1n) is 4.45. The summed E-state index contributed by atoms with van der Waals surface area (Å²) in [5, 5.41) is 1.31. The predicted molar refractivity (Wildman–Crippen MR) is 57.5 cm³/mol. The molecule has 2 rings (SSSR count). The number of fused-ring (bicyclic) bond motifs is 1. The molecule has 0 saturated carbocycles. The summed E-state index contributed by atoms with van der Waals surface area (Å²) in [5.74, 6) is 0.683. The van der Waals surface area contributed by atoms with Crippen molar-refractivity contribution < 1.29 is 0 Å². The van der Waals surface area contributed by atoms with Crippen molar-refractivity contribution in [3.05, 3.63) is 35.5 Å². The van der Waals surface area contributed by atoms with E-state index in [1.54, 1.807) is 0 Å². The van der Waals surface area contributed by atoms with Crippen LogP contribution in [0.25, 0.3) is 10.9 Å². The lowest BCUT2D eigenvalue weighted by atomic mass is 10.1. The molecule has 2 aromatic rings. The molecule has 2 heteroatoms. The highest BCUT2D eigenvalue weighted by Crippen LogP contribution is 2.22. The van der Waals surface area contributed by atoms with Crippen LogP contribution in [0.3, 0.4) is 0 Å². The van der Waals surface area contributed by atoms with Gasteiger partial charge >= 0.3 is 0 Å². The van der Waals surface area contributed by atoms with Crippen LogP contribution >= 0.6 is 11.6 Å². The zero-order chi connectivity index (χ0) is 9.26. The van der Waals surface area contributed by atoms with Crippen molar-refractivity contribution in [3.63, 3.8) is 0 Å². The molecular weight excluding hydrogens is 182 g/mol. The highest BCUT2D eigenvalue weighted by atomic mass is 35.5. The molecule has 0 amide bonds. The monoisotopic (exact) mass is 193 g/mol. The van der Waals surface area contributed by atoms with Crippen LogP contribution < -0.4 is 0 Å². The largest absolute Gasteiger partial charge is 0.358 e. The minimum atomic E-state index is 0.683. The molecule has 1 aromatic heterocycles. The Balaban J connectivity index is 2.64. The Morgan fingerprint density at radius 1 is 1.31 bits per heavy atom. The first-order chi connectivity index (χ1) is 6.33. The molecule has 1 N–H and O–H groups in total. The molecule has 0 aliphatic rings. The molecule has 68 valence electrons. The quantitative estimate of drug-likeness (QED) is 0.705. The number of aromatic amines is 1. The summed E-state index contributed by atoms with van der Waals surface area (Å²) >= 11 is 5.75. The molecule has 0 atom stereocenters. The van der Waals surface area contributed by atoms with E-state index in [1.165, 1.54) is 22.2 Å². The van der Waals surface area contributed by atoms with E-state index in [4.69, 9.17) is 11.6 Å². The van der Waals surface area contributed by atoms with Gasteiger partial charge in [0.1, 0.15) is 0 Å². The van der Waals surface area contributed by atoms with Crippen molar-refractivity contribution in [3.8, 4) is 0 Å². The number of aryl methyl sites for hydroxylation is 2. The van der Waals surface area contributed by atoms with Crippen LogP contribution in [0.2, 0.25) is 0 Å². The molecule has 0 bridgehead atoms. The summed E-state index contributed by atoms with van der Waals surface area (Å²) < 4.78 is 0. The van der Waals surface area contributed by atoms with E-state index < -0.39 is 0 Å². The van der Waals surface area contributed by atoms with Gasteiger partial charge in [0.25, 0.3) is 0 Å². The third-order valence-corrected chi connectivity index (χ3v) is 2.56. The Labute approximate surface area is 82.7 Å². The van der Waals surface area contributed by atoms with E-state index >= 15 is 0 Å². The summed E-state index contributed by atoms with van der Waals surface area (Å²) in [6, 6.07) is 8.34. The molecule has 1 nitrogen and oxygen atoms in total. The number of rotatable bonds is 2. The van der Waals surface area contributed by atoms with Gasteiger partial charge < -0.3 is 4.98 Å². The second-order valence-corrected chi connectivity index (χ2v) is 3.59. The van der Waals surface area contributed by atoms with Crippen LogP contribution in [0.4, 0.5) is 0 Å². The lowest BCUT2D eigenvalue weighted by Crippen LogP contribution is -1.86. The van der Waals surface area contributed by atoms with Crippen LogP contribution in [0, 0.1) is 6.92 Å². The molecule has 0 aliphatic heterocycles. The van der Waals surface area contributed by atoms with Gasteiger partial charge in [0.2, 0.25) is 0 Å². The normalized spacial score (nSPS) is 10.9. The lowest BCUT2D eigenvalue weighted by Gasteiger charge is -1.95. The third kappa shape index (κ3) is 1.44. The van der Waals surface area contributed by atoms with Gasteiger partial charge in [-0.3, -0.25) is 0 Å². The van der Waals surface area contributed by atoms with Gasteiger partial charge in [0.15, 0.2) is 0 Å². The number of H-pyrrole nitrogens is 1. The molecule has 1 heterocycles. The van der Waals surface area contributed by atoms with Crippen molar-refractivity contribution in [2.24, 2.45) is 0 Å². The second kappa shape index (κ2) is 3.43. The van der Waals surface area contributed by atoms with Crippen molar-refractivity contribution >= 4 is 22.5 Å². The second-order valence-electron chi connectivity index (χ2n) is 3.21. The Kier molecular flexibility index (Phi) is 2.28. The van der Waals surface area contributed by atoms with Gasteiger partial charge in [-0.15, -0.1) is 11.6 Å². The summed E-state index contributed by atoms with van der Waals surface area (Å²) in [7, 11) is 0. The highest BCUT2D eigenvalue weighted by molar-refractivity contribution is 6.18. The van der Waals surface area contributed by atoms with Crippen molar-refractivity contribution in [2.75, 3.05) is 5.88 Å². The maximum atomic E-state index is 5.75. The molecule has 0 fully saturated rings. The Hall–Kier alpha value is -0.950. The van der Waals surface area contributed by atoms with Gasteiger partial charge in [0, 0.05) is 22.5 Å². The fraction of sp³-hybridized carbons (Fsp3) is 0.273. The molecule has 13 heavy (non-hydrogen) atoms. The van der Waals surface area contributed by atoms with Crippen LogP contribution in [-0.2, 0) is 6.42 Å². The fourth-order valence-corrected chi connectivity index (χ4v) is 1.94. The summed E-state index contributed by atoms with van der Waals surface area (Å²) in [6.45, 7) is 2.10. The first-order valence-corrected chi connectivity index (χ1v) is 4.98. The van der Waals surface area contributed by atoms with Crippen molar-refractivity contribution in [2.45, 2.75) is 13.3 Å². The molecule has 1 aromatic carbocycles. The maximum absolute atomic E-state index is 5.75. The number of para-hydroxylation sites is 1. The van der Waals surface area contributed by atoms with E-state index in [0.717, 1.165) is 6.42 Å². The number of halogens is 1. The Morgan fingerprint density at radius 3 is 2.85 bits per heavy atom. The number of hydrogen-bond acceptors (Lipinski definition) is 0. The number of alkyl halides is 1. The number of benzene rings is 1. The smallest absolute Gasteiger partial charge is 0.0458 e. The van der Waals surface area contributed by atoms with E-state index in [0.29, 0.717) is 5.88 Å². The number of aromatic nitrogens is 1. The van der Waals surface area contributed by atoms with Crippen LogP contribution in [0.5, 0.6) is 0 Å². The molecule has 0 aliphatic carbocycles. The van der Waals surface area contributed by atoms with Gasteiger partial charge in [-0.25, -0.2) is 0 Å². The van der Waals surface area contributed by atoms with Gasteiger partial charge in [-0.1, -0.05) is 18.2 Å². The Bertz CT molecular complexity index is 417. The third-order valence-electron chi connectivity index (χ3n) is 2.37. The maximum Gasteiger partial charge on any atom is 0.0458 e. The van der Waals surface area contributed by atoms with Crippen LogP contribution in [0.1, 0.15) is 11.3 Å². The molecule has 0 radical (unpaired) electrons. The predicted octanol–water partition coefficient (Wildman–Crippen LogP) is 3.26. The number of nitrogens with one attached hydrogen (secondary N) is 1. The van der Waals surface area contributed by atoms with E-state index in [2.05, 4.69) is 30.1 Å². The van der Waals surface area contributed by atoms with E-state index in [9.17, 15) is 0 Å². The van der Waals surface area contributed by atoms with Crippen LogP contribution in [0.15, 0.2) is 24.3 Å². The van der Waals surface area contributed by atoms with Gasteiger partial charge in [-0.2, -0.15) is 0 Å². The van der Waals surface area contributed by atoms with Gasteiger partial charge in [-0.05, 0) is 25.0 Å². The van der Waals surface area contributed by atoms with Crippen molar-refractivity contribution in [1.29, 1.82) is 0 Å². The molecule has 0 unspecified atom stereocenters. The van der Waals surface area contributed by atoms with E-state index in [-0.39, 0.29) is 0 Å². The van der Waals surface area contributed by atoms with Gasteiger partial charge in [0.05, 0.1) is 0 Å². The SMILES string of the molecule is Cc1[nH]c2ccccc2c1CCCl. The minimum Gasteiger partial charge on any atom is -0.358 e.